The molecule has 4 aromatic carbocycles. The van der Waals surface area contributed by atoms with Crippen LogP contribution < -0.4 is 22.9 Å². The number of hydrogen-bond acceptors (Lipinski definition) is 6. The van der Waals surface area contributed by atoms with Crippen molar-refractivity contribution in [3.05, 3.63) is 115 Å². The fourth-order valence-electron chi connectivity index (χ4n) is 6.30. The number of aryl methyl sites for hydroxylation is 2. The first kappa shape index (κ1) is 32.4. The van der Waals surface area contributed by atoms with Gasteiger partial charge in [-0.05, 0) is 97.1 Å². The maximum atomic E-state index is 6.18. The number of nitrogens with zero attached hydrogens (tertiary/aromatic N) is 2. The molecule has 0 radical (unpaired) electrons. The Bertz CT molecular complexity index is 1430. The summed E-state index contributed by atoms with van der Waals surface area (Å²) in [4.78, 5) is 4.96. The monoisotopic (exact) mass is 718 g/mol. The lowest BCUT2D eigenvalue weighted by molar-refractivity contribution is 0.251. The van der Waals surface area contributed by atoms with Crippen LogP contribution in [0.3, 0.4) is 0 Å². The molecule has 0 aromatic heterocycles. The molecule has 8 N–H and O–H groups in total. The number of anilines is 4. The predicted molar refractivity (Wildman–Crippen MR) is 193 cm³/mol. The maximum Gasteiger partial charge on any atom is 0.0597 e. The van der Waals surface area contributed by atoms with Gasteiger partial charge in [-0.1, -0.05) is 92.5 Å². The Morgan fingerprint density at radius 3 is 1.32 bits per heavy atom. The lowest BCUT2D eigenvalue weighted by Gasteiger charge is -2.30. The zero-order chi connectivity index (χ0) is 31.1. The quantitative estimate of drug-likeness (QED) is 0.143. The first-order valence-corrected chi connectivity index (χ1v) is 17.1. The molecule has 232 valence electrons. The summed E-state index contributed by atoms with van der Waals surface area (Å²) in [6.45, 7) is 6.17. The number of halogens is 2. The van der Waals surface area contributed by atoms with Crippen LogP contribution in [0.2, 0.25) is 0 Å². The van der Waals surface area contributed by atoms with Crippen LogP contribution in [0.5, 0.6) is 0 Å². The zero-order valence-electron chi connectivity index (χ0n) is 25.4. The highest BCUT2D eigenvalue weighted by atomic mass is 79.9. The average Bonchev–Trinajstić information content (AvgIpc) is 3.04. The Morgan fingerprint density at radius 2 is 0.932 bits per heavy atom. The van der Waals surface area contributed by atoms with Crippen LogP contribution in [-0.2, 0) is 38.8 Å². The molecule has 0 saturated heterocycles. The van der Waals surface area contributed by atoms with Gasteiger partial charge >= 0.3 is 0 Å². The van der Waals surface area contributed by atoms with E-state index in [1.807, 2.05) is 12.1 Å². The fourth-order valence-corrected chi connectivity index (χ4v) is 7.66. The van der Waals surface area contributed by atoms with Crippen molar-refractivity contribution in [3.8, 4) is 0 Å². The number of nitrogen functional groups attached to an aromatic ring is 4. The SMILES string of the molecule is Nc1cc(Br)c2c(c1N)CN(CCCc1ccccc1)CC2.Nc1cc(Br)c2c(c1N)CN(CCCc1ccccc1)CC2. The lowest BCUT2D eigenvalue weighted by Crippen LogP contribution is -2.32. The summed E-state index contributed by atoms with van der Waals surface area (Å²) in [5.41, 5.74) is 35.1. The van der Waals surface area contributed by atoms with E-state index in [1.54, 1.807) is 0 Å². The largest absolute Gasteiger partial charge is 0.397 e. The number of rotatable bonds is 8. The van der Waals surface area contributed by atoms with Crippen LogP contribution in [-0.4, -0.2) is 36.0 Å². The summed E-state index contributed by atoms with van der Waals surface area (Å²) < 4.78 is 2.19. The Balaban J connectivity index is 0.000000175. The first-order valence-electron chi connectivity index (χ1n) is 15.5. The van der Waals surface area contributed by atoms with Crippen molar-refractivity contribution in [1.82, 2.24) is 9.80 Å². The predicted octanol–water partition coefficient (Wildman–Crippen LogP) is 7.21. The summed E-state index contributed by atoms with van der Waals surface area (Å²) >= 11 is 7.23. The molecule has 0 unspecified atom stereocenters. The van der Waals surface area contributed by atoms with E-state index in [0.717, 1.165) is 85.3 Å². The van der Waals surface area contributed by atoms with Gasteiger partial charge in [-0.25, -0.2) is 0 Å². The molecule has 0 amide bonds. The van der Waals surface area contributed by atoms with Crippen molar-refractivity contribution in [2.24, 2.45) is 0 Å². The molecule has 0 saturated carbocycles. The molecule has 4 aromatic rings. The van der Waals surface area contributed by atoms with Crippen molar-refractivity contribution < 1.29 is 0 Å². The van der Waals surface area contributed by atoms with Crippen LogP contribution in [0.15, 0.2) is 81.7 Å². The minimum Gasteiger partial charge on any atom is -0.397 e. The summed E-state index contributed by atoms with van der Waals surface area (Å²) in [6.07, 6.45) is 6.66. The third-order valence-corrected chi connectivity index (χ3v) is 10.2. The molecule has 2 aliphatic rings. The summed E-state index contributed by atoms with van der Waals surface area (Å²) in [5.74, 6) is 0. The minimum atomic E-state index is 0.678. The van der Waals surface area contributed by atoms with E-state index in [1.165, 1.54) is 46.2 Å². The normalized spacial score (nSPS) is 14.8. The first-order chi connectivity index (χ1) is 21.3. The molecule has 0 fully saturated rings. The Kier molecular flexibility index (Phi) is 11.3. The van der Waals surface area contributed by atoms with Gasteiger partial charge in [0.2, 0.25) is 0 Å². The maximum absolute atomic E-state index is 6.18. The van der Waals surface area contributed by atoms with Gasteiger partial charge in [0, 0.05) is 35.1 Å². The van der Waals surface area contributed by atoms with Gasteiger partial charge in [-0.15, -0.1) is 0 Å². The minimum absolute atomic E-state index is 0.678. The van der Waals surface area contributed by atoms with Gasteiger partial charge in [0.1, 0.15) is 0 Å². The van der Waals surface area contributed by atoms with Crippen molar-refractivity contribution in [3.63, 3.8) is 0 Å². The smallest absolute Gasteiger partial charge is 0.0597 e. The van der Waals surface area contributed by atoms with Crippen molar-refractivity contribution in [2.45, 2.75) is 51.6 Å². The van der Waals surface area contributed by atoms with E-state index in [9.17, 15) is 0 Å². The Labute approximate surface area is 279 Å². The highest BCUT2D eigenvalue weighted by molar-refractivity contribution is 9.10. The summed E-state index contributed by atoms with van der Waals surface area (Å²) in [5, 5.41) is 0. The van der Waals surface area contributed by atoms with Crippen LogP contribution in [0.1, 0.15) is 46.2 Å². The highest BCUT2D eigenvalue weighted by Crippen LogP contribution is 2.36. The fraction of sp³-hybridized carbons (Fsp3) is 0.333. The molecular weight excluding hydrogens is 676 g/mol. The van der Waals surface area contributed by atoms with E-state index in [0.29, 0.717) is 11.4 Å². The summed E-state index contributed by atoms with van der Waals surface area (Å²) in [7, 11) is 0. The van der Waals surface area contributed by atoms with E-state index < -0.39 is 0 Å². The van der Waals surface area contributed by atoms with Gasteiger partial charge in [0.25, 0.3) is 0 Å². The molecule has 6 nitrogen and oxygen atoms in total. The Hall–Kier alpha value is -3.04. The molecule has 0 atom stereocenters. The second-order valence-corrected chi connectivity index (χ2v) is 13.6. The van der Waals surface area contributed by atoms with Crippen LogP contribution >= 0.6 is 31.9 Å². The molecule has 2 aliphatic heterocycles. The van der Waals surface area contributed by atoms with Crippen LogP contribution in [0.4, 0.5) is 22.7 Å². The van der Waals surface area contributed by atoms with Gasteiger partial charge < -0.3 is 22.9 Å². The number of nitrogens with two attached hydrogens (primary N) is 4. The topological polar surface area (TPSA) is 111 Å². The van der Waals surface area contributed by atoms with Gasteiger partial charge in [0.15, 0.2) is 0 Å². The third-order valence-electron chi connectivity index (χ3n) is 8.83. The van der Waals surface area contributed by atoms with E-state index in [-0.39, 0.29) is 0 Å². The van der Waals surface area contributed by atoms with Crippen molar-refractivity contribution in [2.75, 3.05) is 49.1 Å². The Morgan fingerprint density at radius 1 is 0.545 bits per heavy atom. The second-order valence-electron chi connectivity index (χ2n) is 11.9. The van der Waals surface area contributed by atoms with E-state index in [2.05, 4.69) is 102 Å². The van der Waals surface area contributed by atoms with Gasteiger partial charge in [0.05, 0.1) is 22.7 Å². The molecule has 44 heavy (non-hydrogen) atoms. The zero-order valence-corrected chi connectivity index (χ0v) is 28.5. The lowest BCUT2D eigenvalue weighted by atomic mass is 9.96. The summed E-state index contributed by atoms with van der Waals surface area (Å²) in [6, 6.07) is 25.2. The number of fused-ring (bicyclic) bond motifs is 2. The third kappa shape index (κ3) is 8.16. The number of benzene rings is 4. The number of hydrogen-bond donors (Lipinski definition) is 4. The molecule has 0 aliphatic carbocycles. The molecule has 0 spiro atoms. The molecular formula is C36H44Br2N6. The molecule has 8 heteroatoms. The standard InChI is InChI=1S/2C18H22BrN3/c2*19-16-11-17(20)18(21)15-12-22(10-8-14(15)16)9-4-7-13-5-2-1-3-6-13/h2*1-3,5-6,11H,4,7-10,12,20-21H2. The highest BCUT2D eigenvalue weighted by Gasteiger charge is 2.23. The van der Waals surface area contributed by atoms with Crippen LogP contribution in [0, 0.1) is 0 Å². The van der Waals surface area contributed by atoms with Crippen molar-refractivity contribution >= 4 is 54.6 Å². The van der Waals surface area contributed by atoms with Gasteiger partial charge in [-0.3, -0.25) is 9.80 Å². The van der Waals surface area contributed by atoms with E-state index in [4.69, 9.17) is 22.9 Å². The van der Waals surface area contributed by atoms with Gasteiger partial charge in [-0.2, -0.15) is 0 Å². The molecule has 2 heterocycles. The van der Waals surface area contributed by atoms with Crippen LogP contribution in [0.25, 0.3) is 0 Å². The molecule has 0 bridgehead atoms. The average molecular weight is 721 g/mol. The van der Waals surface area contributed by atoms with Crippen molar-refractivity contribution in [1.29, 1.82) is 0 Å². The molecule has 6 rings (SSSR count). The van der Waals surface area contributed by atoms with E-state index >= 15 is 0 Å². The second kappa shape index (κ2) is 15.3.